The summed E-state index contributed by atoms with van der Waals surface area (Å²) in [4.78, 5) is 0. The molecule has 0 aromatic heterocycles. The van der Waals surface area contributed by atoms with Gasteiger partial charge in [-0.1, -0.05) is 27.7 Å². The predicted molar refractivity (Wildman–Crippen MR) is 63.0 cm³/mol. The van der Waals surface area contributed by atoms with Crippen molar-refractivity contribution in [2.45, 2.75) is 64.4 Å². The molecule has 17 heavy (non-hydrogen) atoms. The van der Waals surface area contributed by atoms with Crippen LogP contribution in [-0.4, -0.2) is 37.9 Å². The van der Waals surface area contributed by atoms with E-state index in [9.17, 15) is 20.4 Å². The average Bonchev–Trinajstić information content (AvgIpc) is 2.44. The Kier molecular flexibility index (Phi) is 2.53. The zero-order valence-corrected chi connectivity index (χ0v) is 11.1. The highest BCUT2D eigenvalue weighted by Gasteiger charge is 2.76. The molecule has 0 aromatic carbocycles. The third-order valence-electron chi connectivity index (χ3n) is 5.28. The number of aliphatic hydroxyl groups is 4. The fourth-order valence-electron chi connectivity index (χ4n) is 4.69. The van der Waals surface area contributed by atoms with Crippen LogP contribution in [-0.2, 0) is 0 Å². The second kappa shape index (κ2) is 3.23. The maximum atomic E-state index is 10.7. The van der Waals surface area contributed by atoms with Crippen molar-refractivity contribution in [3.8, 4) is 0 Å². The van der Waals surface area contributed by atoms with Crippen LogP contribution in [0.4, 0.5) is 0 Å². The van der Waals surface area contributed by atoms with Gasteiger partial charge in [0.1, 0.15) is 0 Å². The maximum Gasteiger partial charge on any atom is 0.173 e. The summed E-state index contributed by atoms with van der Waals surface area (Å²) in [5.74, 6) is -2.01. The van der Waals surface area contributed by atoms with Gasteiger partial charge in [0.05, 0.1) is 11.7 Å². The molecule has 4 nitrogen and oxygen atoms in total. The minimum absolute atomic E-state index is 0.227. The largest absolute Gasteiger partial charge is 0.393 e. The Morgan fingerprint density at radius 1 is 0.941 bits per heavy atom. The Hall–Kier alpha value is -0.160. The molecule has 0 saturated heterocycles. The van der Waals surface area contributed by atoms with E-state index in [2.05, 4.69) is 0 Å². The first-order chi connectivity index (χ1) is 7.47. The zero-order chi connectivity index (χ0) is 13.3. The van der Waals surface area contributed by atoms with E-state index in [4.69, 9.17) is 0 Å². The molecule has 2 aliphatic carbocycles. The number of aliphatic hydroxyl groups excluding tert-OH is 1. The predicted octanol–water partition coefficient (Wildman–Crippen LogP) is 0.625. The second-order valence-electron chi connectivity index (χ2n) is 7.05. The Morgan fingerprint density at radius 3 is 1.76 bits per heavy atom. The van der Waals surface area contributed by atoms with Crippen LogP contribution < -0.4 is 0 Å². The van der Waals surface area contributed by atoms with E-state index < -0.39 is 28.3 Å². The smallest absolute Gasteiger partial charge is 0.173 e. The molecular weight excluding hydrogens is 220 g/mol. The molecule has 2 rings (SSSR count). The fourth-order valence-corrected chi connectivity index (χ4v) is 4.69. The van der Waals surface area contributed by atoms with Gasteiger partial charge in [-0.25, -0.2) is 0 Å². The van der Waals surface area contributed by atoms with E-state index in [0.29, 0.717) is 19.3 Å². The Morgan fingerprint density at radius 2 is 1.41 bits per heavy atom. The first kappa shape index (κ1) is 13.3. The van der Waals surface area contributed by atoms with Crippen molar-refractivity contribution < 1.29 is 20.4 Å². The van der Waals surface area contributed by atoms with Crippen molar-refractivity contribution in [1.29, 1.82) is 0 Å². The van der Waals surface area contributed by atoms with Crippen LogP contribution in [0.2, 0.25) is 0 Å². The Labute approximate surface area is 102 Å². The highest BCUT2D eigenvalue weighted by Crippen LogP contribution is 2.69. The first-order valence-corrected chi connectivity index (χ1v) is 6.32. The summed E-state index contributed by atoms with van der Waals surface area (Å²) in [5, 5.41) is 40.6. The van der Waals surface area contributed by atoms with Gasteiger partial charge in [0.15, 0.2) is 5.79 Å². The molecule has 0 radical (unpaired) electrons. The molecule has 0 amide bonds. The molecule has 0 spiro atoms. The van der Waals surface area contributed by atoms with Gasteiger partial charge in [0, 0.05) is 23.2 Å². The fraction of sp³-hybridized carbons (Fsp3) is 1.00. The summed E-state index contributed by atoms with van der Waals surface area (Å²) in [5.41, 5.74) is -2.52. The lowest BCUT2D eigenvalue weighted by Crippen LogP contribution is -2.78. The van der Waals surface area contributed by atoms with Gasteiger partial charge >= 0.3 is 0 Å². The topological polar surface area (TPSA) is 80.9 Å². The summed E-state index contributed by atoms with van der Waals surface area (Å²) in [7, 11) is 0. The maximum absolute atomic E-state index is 10.7. The Bertz CT molecular complexity index is 316. The van der Waals surface area contributed by atoms with Crippen LogP contribution in [0.15, 0.2) is 0 Å². The van der Waals surface area contributed by atoms with Gasteiger partial charge in [-0.3, -0.25) is 0 Å². The normalized spacial score (nSPS) is 43.4. The second-order valence-corrected chi connectivity index (χ2v) is 7.05. The highest BCUT2D eigenvalue weighted by atomic mass is 16.5. The van der Waals surface area contributed by atoms with Crippen LogP contribution in [0.3, 0.4) is 0 Å². The molecule has 0 bridgehead atoms. The van der Waals surface area contributed by atoms with Gasteiger partial charge in [0.2, 0.25) is 0 Å². The Balaban J connectivity index is 2.34. The summed E-state index contributed by atoms with van der Waals surface area (Å²) in [6, 6.07) is 0. The van der Waals surface area contributed by atoms with Gasteiger partial charge < -0.3 is 20.4 Å². The van der Waals surface area contributed by atoms with Gasteiger partial charge in [-0.05, 0) is 12.8 Å². The van der Waals surface area contributed by atoms with E-state index >= 15 is 0 Å². The molecule has 2 unspecified atom stereocenters. The first-order valence-electron chi connectivity index (χ1n) is 6.32. The van der Waals surface area contributed by atoms with Gasteiger partial charge in [-0.15, -0.1) is 0 Å². The minimum atomic E-state index is -1.78. The molecule has 4 N–H and O–H groups in total. The lowest BCUT2D eigenvalue weighted by Gasteiger charge is -2.70. The van der Waals surface area contributed by atoms with Crippen molar-refractivity contribution in [1.82, 2.24) is 0 Å². The van der Waals surface area contributed by atoms with E-state index in [1.54, 1.807) is 27.7 Å². The highest BCUT2D eigenvalue weighted by molar-refractivity contribution is 5.20. The lowest BCUT2D eigenvalue weighted by molar-refractivity contribution is -0.425. The molecule has 2 fully saturated rings. The zero-order valence-electron chi connectivity index (χ0n) is 11.1. The summed E-state index contributed by atoms with van der Waals surface area (Å²) < 4.78 is 0. The third-order valence-corrected chi connectivity index (χ3v) is 5.28. The van der Waals surface area contributed by atoms with Gasteiger partial charge in [0.25, 0.3) is 0 Å². The van der Waals surface area contributed by atoms with Crippen molar-refractivity contribution in [3.05, 3.63) is 0 Å². The molecule has 0 aromatic rings. The van der Waals surface area contributed by atoms with E-state index in [1.165, 1.54) is 0 Å². The van der Waals surface area contributed by atoms with E-state index in [-0.39, 0.29) is 5.92 Å². The SMILES string of the molecule is CC1(C)C(C2(O)CCC(O)C2)C(C)(C)C1(O)O. The molecule has 2 atom stereocenters. The number of hydrogen-bond acceptors (Lipinski definition) is 4. The van der Waals surface area contributed by atoms with Crippen LogP contribution >= 0.6 is 0 Å². The quantitative estimate of drug-likeness (QED) is 0.510. The van der Waals surface area contributed by atoms with Crippen LogP contribution in [0.1, 0.15) is 47.0 Å². The molecule has 2 aliphatic rings. The van der Waals surface area contributed by atoms with E-state index in [0.717, 1.165) is 0 Å². The average molecular weight is 244 g/mol. The van der Waals surface area contributed by atoms with Crippen molar-refractivity contribution in [2.24, 2.45) is 16.7 Å². The number of hydrogen-bond donors (Lipinski definition) is 4. The summed E-state index contributed by atoms with van der Waals surface area (Å²) in [6.45, 7) is 7.08. The molecule has 0 aliphatic heterocycles. The summed E-state index contributed by atoms with van der Waals surface area (Å²) in [6.07, 6.45) is 0.977. The standard InChI is InChI=1S/C13H24O4/c1-10(2)9(11(3,4)13(10,16)17)12(15)6-5-8(14)7-12/h8-9,14-17H,5-7H2,1-4H3. The third kappa shape index (κ3) is 1.38. The van der Waals surface area contributed by atoms with Crippen LogP contribution in [0, 0.1) is 16.7 Å². The van der Waals surface area contributed by atoms with Crippen LogP contribution in [0.5, 0.6) is 0 Å². The van der Waals surface area contributed by atoms with Gasteiger partial charge in [-0.2, -0.15) is 0 Å². The van der Waals surface area contributed by atoms with Crippen LogP contribution in [0.25, 0.3) is 0 Å². The molecule has 4 heteroatoms. The molecular formula is C13H24O4. The molecule has 0 heterocycles. The molecule has 2 saturated carbocycles. The summed E-state index contributed by atoms with van der Waals surface area (Å²) >= 11 is 0. The van der Waals surface area contributed by atoms with Crippen molar-refractivity contribution in [3.63, 3.8) is 0 Å². The minimum Gasteiger partial charge on any atom is -0.393 e. The van der Waals surface area contributed by atoms with Crippen molar-refractivity contribution >= 4 is 0 Å². The number of rotatable bonds is 1. The monoisotopic (exact) mass is 244 g/mol. The van der Waals surface area contributed by atoms with E-state index in [1.807, 2.05) is 0 Å². The lowest BCUT2D eigenvalue weighted by atomic mass is 9.39. The van der Waals surface area contributed by atoms with Crippen molar-refractivity contribution in [2.75, 3.05) is 0 Å². The molecule has 100 valence electrons.